The van der Waals surface area contributed by atoms with Crippen molar-refractivity contribution in [1.82, 2.24) is 10.1 Å². The summed E-state index contributed by atoms with van der Waals surface area (Å²) in [6.07, 6.45) is 4.05. The lowest BCUT2D eigenvalue weighted by atomic mass is 9.76. The Morgan fingerprint density at radius 1 is 1.29 bits per heavy atom. The van der Waals surface area contributed by atoms with Gasteiger partial charge in [-0.1, -0.05) is 48.1 Å². The largest absolute Gasteiger partial charge is 0.334 e. The molecule has 3 rings (SSSR count). The Kier molecular flexibility index (Phi) is 3.95. The molecule has 1 aliphatic carbocycles. The summed E-state index contributed by atoms with van der Waals surface area (Å²) >= 11 is 12.0. The van der Waals surface area contributed by atoms with Crippen LogP contribution < -0.4 is 5.73 Å². The third-order valence-electron chi connectivity index (χ3n) is 4.01. The van der Waals surface area contributed by atoms with Crippen LogP contribution in [0, 0.1) is 5.92 Å². The molecule has 0 amide bonds. The first-order chi connectivity index (χ1) is 9.96. The molecule has 1 fully saturated rings. The molecule has 4 nitrogen and oxygen atoms in total. The van der Waals surface area contributed by atoms with Gasteiger partial charge in [-0.25, -0.2) is 0 Å². The van der Waals surface area contributed by atoms with Gasteiger partial charge < -0.3 is 10.3 Å². The second-order valence-electron chi connectivity index (χ2n) is 5.94. The number of aromatic nitrogens is 2. The summed E-state index contributed by atoms with van der Waals surface area (Å²) in [5, 5.41) is 5.15. The topological polar surface area (TPSA) is 64.9 Å². The van der Waals surface area contributed by atoms with Crippen LogP contribution >= 0.6 is 23.2 Å². The molecule has 2 aromatic rings. The predicted octanol–water partition coefficient (Wildman–Crippen LogP) is 4.41. The molecule has 2 unspecified atom stereocenters. The van der Waals surface area contributed by atoms with Gasteiger partial charge in [0.25, 0.3) is 5.89 Å². The lowest BCUT2D eigenvalue weighted by Gasteiger charge is -2.33. The second-order valence-corrected chi connectivity index (χ2v) is 6.81. The van der Waals surface area contributed by atoms with Crippen molar-refractivity contribution in [1.29, 1.82) is 0 Å². The standard InChI is InChI=1S/C15H17Cl2N3O/c1-9-3-2-4-15(18,8-9)14-19-13(21-20-14)10-5-11(16)7-12(17)6-10/h5-7,9H,2-4,8,18H2,1H3. The summed E-state index contributed by atoms with van der Waals surface area (Å²) in [6.45, 7) is 2.21. The van der Waals surface area contributed by atoms with Crippen molar-refractivity contribution in [3.8, 4) is 11.5 Å². The van der Waals surface area contributed by atoms with Gasteiger partial charge in [0.1, 0.15) is 0 Å². The molecule has 21 heavy (non-hydrogen) atoms. The van der Waals surface area contributed by atoms with Gasteiger partial charge in [0.05, 0.1) is 5.54 Å². The summed E-state index contributed by atoms with van der Waals surface area (Å²) in [4.78, 5) is 4.47. The number of nitrogens with zero attached hydrogens (tertiary/aromatic N) is 2. The minimum absolute atomic E-state index is 0.400. The summed E-state index contributed by atoms with van der Waals surface area (Å²) in [7, 11) is 0. The van der Waals surface area contributed by atoms with Gasteiger partial charge in [-0.3, -0.25) is 0 Å². The molecule has 6 heteroatoms. The van der Waals surface area contributed by atoms with E-state index in [0.29, 0.717) is 33.2 Å². The zero-order chi connectivity index (χ0) is 15.0. The van der Waals surface area contributed by atoms with E-state index >= 15 is 0 Å². The quantitative estimate of drug-likeness (QED) is 0.888. The van der Waals surface area contributed by atoms with Crippen molar-refractivity contribution in [2.24, 2.45) is 11.7 Å². The van der Waals surface area contributed by atoms with Crippen LogP contribution in [0.2, 0.25) is 10.0 Å². The molecular formula is C15H17Cl2N3O. The first-order valence-corrected chi connectivity index (χ1v) is 7.81. The molecule has 0 aliphatic heterocycles. The molecule has 0 saturated heterocycles. The van der Waals surface area contributed by atoms with Crippen molar-refractivity contribution in [3.63, 3.8) is 0 Å². The van der Waals surface area contributed by atoms with E-state index in [-0.39, 0.29) is 0 Å². The maximum absolute atomic E-state index is 6.48. The third-order valence-corrected chi connectivity index (χ3v) is 4.45. The number of benzene rings is 1. The lowest BCUT2D eigenvalue weighted by molar-refractivity contribution is 0.222. The van der Waals surface area contributed by atoms with Crippen LogP contribution in [0.25, 0.3) is 11.5 Å². The highest BCUT2D eigenvalue weighted by Gasteiger charge is 2.37. The predicted molar refractivity (Wildman–Crippen MR) is 83.3 cm³/mol. The van der Waals surface area contributed by atoms with E-state index in [9.17, 15) is 0 Å². The van der Waals surface area contributed by atoms with Crippen molar-refractivity contribution in [2.45, 2.75) is 38.1 Å². The number of hydrogen-bond acceptors (Lipinski definition) is 4. The molecule has 1 aromatic carbocycles. The van der Waals surface area contributed by atoms with Crippen LogP contribution in [0.5, 0.6) is 0 Å². The second kappa shape index (κ2) is 5.59. The molecule has 1 aliphatic rings. The fraction of sp³-hybridized carbons (Fsp3) is 0.467. The van der Waals surface area contributed by atoms with Crippen LogP contribution in [0.4, 0.5) is 0 Å². The Morgan fingerprint density at radius 2 is 2.00 bits per heavy atom. The van der Waals surface area contributed by atoms with Gasteiger partial charge in [-0.15, -0.1) is 0 Å². The average molecular weight is 326 g/mol. The molecule has 1 saturated carbocycles. The van der Waals surface area contributed by atoms with Crippen LogP contribution in [0.1, 0.15) is 38.4 Å². The van der Waals surface area contributed by atoms with Gasteiger partial charge in [-0.05, 0) is 37.0 Å². The summed E-state index contributed by atoms with van der Waals surface area (Å²) in [5.41, 5.74) is 6.69. The van der Waals surface area contributed by atoms with E-state index in [1.54, 1.807) is 18.2 Å². The van der Waals surface area contributed by atoms with E-state index in [4.69, 9.17) is 33.5 Å². The molecular weight excluding hydrogens is 309 g/mol. The SMILES string of the molecule is CC1CCCC(N)(c2noc(-c3cc(Cl)cc(Cl)c3)n2)C1. The smallest absolute Gasteiger partial charge is 0.258 e. The Morgan fingerprint density at radius 3 is 2.67 bits per heavy atom. The minimum atomic E-state index is -0.498. The average Bonchev–Trinajstić information content (AvgIpc) is 2.87. The highest BCUT2D eigenvalue weighted by molar-refractivity contribution is 6.35. The maximum Gasteiger partial charge on any atom is 0.258 e. The minimum Gasteiger partial charge on any atom is -0.334 e. The zero-order valence-electron chi connectivity index (χ0n) is 11.8. The van der Waals surface area contributed by atoms with Crippen molar-refractivity contribution < 1.29 is 4.52 Å². The summed E-state index contributed by atoms with van der Waals surface area (Å²) < 4.78 is 5.36. The van der Waals surface area contributed by atoms with E-state index in [0.717, 1.165) is 19.3 Å². The Bertz CT molecular complexity index is 638. The molecule has 0 spiro atoms. The number of rotatable bonds is 2. The van der Waals surface area contributed by atoms with Gasteiger partial charge in [0.2, 0.25) is 0 Å². The van der Waals surface area contributed by atoms with E-state index in [1.165, 1.54) is 6.42 Å². The Balaban J connectivity index is 1.92. The zero-order valence-corrected chi connectivity index (χ0v) is 13.3. The van der Waals surface area contributed by atoms with Gasteiger partial charge in [0, 0.05) is 15.6 Å². The van der Waals surface area contributed by atoms with Crippen molar-refractivity contribution in [3.05, 3.63) is 34.1 Å². The summed E-state index contributed by atoms with van der Waals surface area (Å²) in [6, 6.07) is 5.16. The number of halogens is 2. The molecule has 0 bridgehead atoms. The first kappa shape index (κ1) is 14.8. The van der Waals surface area contributed by atoms with Gasteiger partial charge >= 0.3 is 0 Å². The molecule has 112 valence electrons. The fourth-order valence-corrected chi connectivity index (χ4v) is 3.54. The molecule has 0 radical (unpaired) electrons. The van der Waals surface area contributed by atoms with Gasteiger partial charge in [0.15, 0.2) is 5.82 Å². The molecule has 1 aromatic heterocycles. The molecule has 2 atom stereocenters. The van der Waals surface area contributed by atoms with Crippen molar-refractivity contribution in [2.75, 3.05) is 0 Å². The molecule has 2 N–H and O–H groups in total. The van der Waals surface area contributed by atoms with Crippen LogP contribution in [-0.2, 0) is 5.54 Å². The highest BCUT2D eigenvalue weighted by atomic mass is 35.5. The Hall–Kier alpha value is -1.10. The van der Waals surface area contributed by atoms with E-state index in [1.807, 2.05) is 0 Å². The normalized spacial score (nSPS) is 26.0. The van der Waals surface area contributed by atoms with Crippen LogP contribution in [0.15, 0.2) is 22.7 Å². The van der Waals surface area contributed by atoms with E-state index in [2.05, 4.69) is 17.1 Å². The monoisotopic (exact) mass is 325 g/mol. The molecule has 1 heterocycles. The van der Waals surface area contributed by atoms with Crippen molar-refractivity contribution >= 4 is 23.2 Å². The number of nitrogens with two attached hydrogens (primary N) is 1. The summed E-state index contributed by atoms with van der Waals surface area (Å²) in [5.74, 6) is 1.55. The van der Waals surface area contributed by atoms with E-state index < -0.39 is 5.54 Å². The van der Waals surface area contributed by atoms with Gasteiger partial charge in [-0.2, -0.15) is 4.98 Å². The third kappa shape index (κ3) is 3.07. The van der Waals surface area contributed by atoms with Crippen LogP contribution in [-0.4, -0.2) is 10.1 Å². The maximum atomic E-state index is 6.48. The lowest BCUT2D eigenvalue weighted by Crippen LogP contribution is -2.42. The fourth-order valence-electron chi connectivity index (χ4n) is 3.02. The van der Waals surface area contributed by atoms with Crippen LogP contribution in [0.3, 0.4) is 0 Å². The highest BCUT2D eigenvalue weighted by Crippen LogP contribution is 2.37. The first-order valence-electron chi connectivity index (χ1n) is 7.06. The Labute approximate surface area is 133 Å². The number of hydrogen-bond donors (Lipinski definition) is 1.